The van der Waals surface area contributed by atoms with Crippen molar-refractivity contribution >= 4 is 41.1 Å². The highest BCUT2D eigenvalue weighted by Gasteiger charge is 2.33. The number of carbonyl (C=O) groups is 2. The Morgan fingerprint density at radius 3 is 1.44 bits per heavy atom. The van der Waals surface area contributed by atoms with E-state index in [4.69, 9.17) is 10.0 Å². The first kappa shape index (κ1) is 41.1. The maximum atomic E-state index is 12.5. The number of carbonyl (C=O) groups excluding carboxylic acids is 2. The number of aldehydes is 2. The van der Waals surface area contributed by atoms with Gasteiger partial charge in [0.1, 0.15) is 24.0 Å². The fraction of sp³-hybridized carbons (Fsp3) is 0.185. The molecular weight excluding hydrogens is 649 g/mol. The fourth-order valence-corrected chi connectivity index (χ4v) is 2.92. The second kappa shape index (κ2) is 18.5. The zero-order valence-electron chi connectivity index (χ0n) is 19.8. The lowest BCUT2D eigenvalue weighted by atomic mass is 9.80. The lowest BCUT2D eigenvalue weighted by Gasteiger charge is -2.06. The Bertz CT molecular complexity index is 1410. The normalized spacial score (nSPS) is 10.1. The van der Waals surface area contributed by atoms with Crippen LogP contribution >= 0.6 is 15.9 Å². The summed E-state index contributed by atoms with van der Waals surface area (Å²) in [4.78, 5) is 34.4. The molecule has 0 saturated carbocycles. The van der Waals surface area contributed by atoms with Crippen LogP contribution in [0.4, 0.5) is 26.3 Å². The van der Waals surface area contributed by atoms with Gasteiger partial charge in [-0.1, -0.05) is 70.8 Å². The molecule has 0 saturated heterocycles. The van der Waals surface area contributed by atoms with Gasteiger partial charge in [-0.05, 0) is 33.5 Å². The summed E-state index contributed by atoms with van der Waals surface area (Å²) in [6, 6.07) is 13.6. The second-order valence-electron chi connectivity index (χ2n) is 7.37. The van der Waals surface area contributed by atoms with Gasteiger partial charge in [0.25, 0.3) is 0 Å². The SMILES string of the molecule is C.C.C.FC(F)(F)c1ccnc(Br)n1.O=Cc1ccc(-c2nccc(C(F)(F)F)n2)cc1.O=Cc1ccc(B(O)O)cc1. The molecule has 0 aliphatic rings. The van der Waals surface area contributed by atoms with Crippen LogP contribution in [0.25, 0.3) is 11.4 Å². The maximum Gasteiger partial charge on any atom is 0.488 e. The molecule has 232 valence electrons. The average molecular weight is 677 g/mol. The van der Waals surface area contributed by atoms with Crippen LogP contribution in [0.2, 0.25) is 0 Å². The lowest BCUT2D eigenvalue weighted by molar-refractivity contribution is -0.142. The van der Waals surface area contributed by atoms with Gasteiger partial charge in [-0.3, -0.25) is 9.59 Å². The van der Waals surface area contributed by atoms with E-state index in [-0.39, 0.29) is 32.8 Å². The molecule has 0 amide bonds. The Balaban J connectivity index is 0. The van der Waals surface area contributed by atoms with Crippen molar-refractivity contribution in [2.45, 2.75) is 34.6 Å². The third-order valence-electron chi connectivity index (χ3n) is 4.54. The molecule has 4 aromatic rings. The number of alkyl halides is 6. The number of benzene rings is 2. The van der Waals surface area contributed by atoms with Gasteiger partial charge in [-0.25, -0.2) is 19.9 Å². The molecule has 4 rings (SSSR count). The van der Waals surface area contributed by atoms with Gasteiger partial charge < -0.3 is 10.0 Å². The zero-order valence-corrected chi connectivity index (χ0v) is 21.4. The first-order valence-electron chi connectivity index (χ1n) is 10.7. The summed E-state index contributed by atoms with van der Waals surface area (Å²) < 4.78 is 72.9. The molecule has 0 unspecified atom stereocenters. The first-order chi connectivity index (χ1) is 18.7. The number of rotatable bonds is 4. The van der Waals surface area contributed by atoms with Crippen molar-refractivity contribution in [3.05, 3.63) is 100 Å². The van der Waals surface area contributed by atoms with E-state index in [2.05, 4.69) is 35.9 Å². The third kappa shape index (κ3) is 13.7. The van der Waals surface area contributed by atoms with Gasteiger partial charge in [-0.2, -0.15) is 26.3 Å². The minimum absolute atomic E-state index is 0. The van der Waals surface area contributed by atoms with Gasteiger partial charge in [0.2, 0.25) is 0 Å². The highest BCUT2D eigenvalue weighted by molar-refractivity contribution is 9.10. The largest absolute Gasteiger partial charge is 0.488 e. The molecule has 0 spiro atoms. The Morgan fingerprint density at radius 1 is 0.651 bits per heavy atom. The molecule has 0 aliphatic carbocycles. The van der Waals surface area contributed by atoms with Crippen LogP contribution in [0.3, 0.4) is 0 Å². The molecule has 8 nitrogen and oxygen atoms in total. The van der Waals surface area contributed by atoms with Crippen LogP contribution in [0.1, 0.15) is 54.4 Å². The lowest BCUT2D eigenvalue weighted by Crippen LogP contribution is -2.29. The van der Waals surface area contributed by atoms with Gasteiger partial charge in [0, 0.05) is 29.1 Å². The van der Waals surface area contributed by atoms with Crippen LogP contribution in [0.5, 0.6) is 0 Å². The molecule has 0 atom stereocenters. The van der Waals surface area contributed by atoms with E-state index >= 15 is 0 Å². The van der Waals surface area contributed by atoms with E-state index in [9.17, 15) is 35.9 Å². The highest BCUT2D eigenvalue weighted by atomic mass is 79.9. The summed E-state index contributed by atoms with van der Waals surface area (Å²) >= 11 is 2.73. The van der Waals surface area contributed by atoms with Crippen LogP contribution in [0.15, 0.2) is 77.8 Å². The first-order valence-corrected chi connectivity index (χ1v) is 11.5. The molecular formula is C27H28BBrF6N4O4. The summed E-state index contributed by atoms with van der Waals surface area (Å²) in [5.41, 5.74) is -0.172. The predicted octanol–water partition coefficient (Wildman–Crippen LogP) is 6.32. The van der Waals surface area contributed by atoms with Crippen LogP contribution in [-0.2, 0) is 12.4 Å². The topological polar surface area (TPSA) is 126 Å². The number of aromatic nitrogens is 4. The average Bonchev–Trinajstić information content (AvgIpc) is 2.93. The summed E-state index contributed by atoms with van der Waals surface area (Å²) in [7, 11) is -1.46. The summed E-state index contributed by atoms with van der Waals surface area (Å²) in [6.45, 7) is 0. The molecule has 2 N–H and O–H groups in total. The number of hydrogen-bond donors (Lipinski definition) is 2. The Kier molecular flexibility index (Phi) is 17.7. The van der Waals surface area contributed by atoms with Crippen molar-refractivity contribution in [1.82, 2.24) is 19.9 Å². The van der Waals surface area contributed by atoms with Crippen LogP contribution in [-0.4, -0.2) is 49.7 Å². The molecule has 0 aliphatic heterocycles. The fourth-order valence-electron chi connectivity index (χ4n) is 2.61. The van der Waals surface area contributed by atoms with Gasteiger partial charge in [-0.15, -0.1) is 0 Å². The molecule has 2 aromatic heterocycles. The van der Waals surface area contributed by atoms with E-state index in [0.29, 0.717) is 34.7 Å². The molecule has 2 aromatic carbocycles. The van der Waals surface area contributed by atoms with Crippen molar-refractivity contribution in [2.24, 2.45) is 0 Å². The summed E-state index contributed by atoms with van der Waals surface area (Å²) in [5, 5.41) is 17.3. The van der Waals surface area contributed by atoms with Crippen molar-refractivity contribution < 1.29 is 46.0 Å². The second-order valence-corrected chi connectivity index (χ2v) is 8.08. The Labute approximate surface area is 253 Å². The van der Waals surface area contributed by atoms with E-state index < -0.39 is 30.9 Å². The summed E-state index contributed by atoms with van der Waals surface area (Å²) in [6.07, 6.45) is -5.45. The minimum Gasteiger partial charge on any atom is -0.423 e. The third-order valence-corrected chi connectivity index (χ3v) is 4.92. The molecule has 0 bridgehead atoms. The molecule has 43 heavy (non-hydrogen) atoms. The van der Waals surface area contributed by atoms with E-state index in [1.807, 2.05) is 0 Å². The standard InChI is InChI=1S/C12H7F3N2O.C7H7BO3.C5H2BrF3N2.3CH4/c13-12(14,15)10-5-6-16-11(17-10)9-3-1-8(7-18)2-4-9;9-5-6-1-3-7(4-2-6)8(10)11;6-4-10-2-1-3(11-4)5(7,8)9;;;/h1-7H;1-5,10-11H;1-2H;3*1H4. The van der Waals surface area contributed by atoms with Crippen molar-refractivity contribution in [3.8, 4) is 11.4 Å². The maximum absolute atomic E-state index is 12.5. The van der Waals surface area contributed by atoms with Crippen molar-refractivity contribution in [1.29, 1.82) is 0 Å². The summed E-state index contributed by atoms with van der Waals surface area (Å²) in [5.74, 6) is -0.0257. The van der Waals surface area contributed by atoms with Gasteiger partial charge >= 0.3 is 19.5 Å². The Hall–Kier alpha value is -4.02. The van der Waals surface area contributed by atoms with Gasteiger partial charge in [0.15, 0.2) is 10.6 Å². The Morgan fingerprint density at radius 2 is 1.07 bits per heavy atom. The zero-order chi connectivity index (χ0) is 29.9. The molecule has 2 heterocycles. The van der Waals surface area contributed by atoms with Gasteiger partial charge in [0.05, 0.1) is 0 Å². The monoisotopic (exact) mass is 676 g/mol. The van der Waals surface area contributed by atoms with Crippen LogP contribution < -0.4 is 5.46 Å². The van der Waals surface area contributed by atoms with Crippen molar-refractivity contribution in [3.63, 3.8) is 0 Å². The van der Waals surface area contributed by atoms with E-state index in [1.165, 1.54) is 48.5 Å². The van der Waals surface area contributed by atoms with E-state index in [0.717, 1.165) is 24.5 Å². The minimum atomic E-state index is -4.50. The molecule has 0 radical (unpaired) electrons. The van der Waals surface area contributed by atoms with Crippen molar-refractivity contribution in [2.75, 3.05) is 0 Å². The van der Waals surface area contributed by atoms with E-state index in [1.54, 1.807) is 0 Å². The number of nitrogens with zero attached hydrogens (tertiary/aromatic N) is 4. The molecule has 16 heteroatoms. The quantitative estimate of drug-likeness (QED) is 0.111. The smallest absolute Gasteiger partial charge is 0.423 e. The number of halogens is 7. The predicted molar refractivity (Wildman–Crippen MR) is 154 cm³/mol. The molecule has 0 fully saturated rings. The number of hydrogen-bond acceptors (Lipinski definition) is 8. The highest BCUT2D eigenvalue weighted by Crippen LogP contribution is 2.29. The van der Waals surface area contributed by atoms with Crippen LogP contribution in [0, 0.1) is 0 Å².